The topological polar surface area (TPSA) is 72.9 Å². The third-order valence-corrected chi connectivity index (χ3v) is 4.05. The predicted molar refractivity (Wildman–Crippen MR) is 83.6 cm³/mol. The van der Waals surface area contributed by atoms with Crippen LogP contribution in [-0.2, 0) is 19.1 Å². The fourth-order valence-corrected chi connectivity index (χ4v) is 3.10. The van der Waals surface area contributed by atoms with Gasteiger partial charge in [-0.05, 0) is 40.5 Å². The molecule has 1 amide bonds. The standard InChI is InChI=1S/C17H25NO5/c1-10-15(22-11(2)19)9-12-13(7-6-8-14(12)20)18(10)16(21)23-17(3,4)5/h10,15H,6-9H2,1-5H3/t10-,15+/m0/s1. The van der Waals surface area contributed by atoms with Gasteiger partial charge in [0.2, 0.25) is 0 Å². The van der Waals surface area contributed by atoms with Crippen LogP contribution in [0.3, 0.4) is 0 Å². The molecule has 0 radical (unpaired) electrons. The van der Waals surface area contributed by atoms with Crippen molar-refractivity contribution in [2.45, 2.75) is 78.0 Å². The maximum Gasteiger partial charge on any atom is 0.414 e. The molecule has 0 saturated carbocycles. The molecule has 6 nitrogen and oxygen atoms in total. The summed E-state index contributed by atoms with van der Waals surface area (Å²) in [7, 11) is 0. The van der Waals surface area contributed by atoms with Crippen molar-refractivity contribution in [2.24, 2.45) is 0 Å². The summed E-state index contributed by atoms with van der Waals surface area (Å²) in [5.74, 6) is -0.387. The van der Waals surface area contributed by atoms with Crippen LogP contribution in [-0.4, -0.2) is 40.5 Å². The molecular weight excluding hydrogens is 298 g/mol. The number of hydrogen-bond donors (Lipinski definition) is 0. The lowest BCUT2D eigenvalue weighted by Crippen LogP contribution is -2.52. The van der Waals surface area contributed by atoms with Gasteiger partial charge in [0.05, 0.1) is 6.04 Å². The highest BCUT2D eigenvalue weighted by atomic mass is 16.6. The zero-order valence-corrected chi connectivity index (χ0v) is 14.5. The summed E-state index contributed by atoms with van der Waals surface area (Å²) >= 11 is 0. The molecule has 0 aromatic carbocycles. The lowest BCUT2D eigenvalue weighted by Gasteiger charge is -2.42. The van der Waals surface area contributed by atoms with Gasteiger partial charge in [-0.15, -0.1) is 0 Å². The molecule has 0 aromatic heterocycles. The normalized spacial score (nSPS) is 25.1. The SMILES string of the molecule is CC(=O)O[C@@H]1CC2=C(CCCC2=O)N(C(=O)OC(C)(C)C)[C@H]1C. The lowest BCUT2D eigenvalue weighted by molar-refractivity contribution is -0.150. The van der Waals surface area contributed by atoms with Crippen LogP contribution in [0.15, 0.2) is 11.3 Å². The highest BCUT2D eigenvalue weighted by molar-refractivity contribution is 5.98. The quantitative estimate of drug-likeness (QED) is 0.694. The van der Waals surface area contributed by atoms with Gasteiger partial charge in [-0.2, -0.15) is 0 Å². The Morgan fingerprint density at radius 2 is 1.87 bits per heavy atom. The van der Waals surface area contributed by atoms with Gasteiger partial charge in [-0.1, -0.05) is 0 Å². The number of rotatable bonds is 1. The van der Waals surface area contributed by atoms with Crippen molar-refractivity contribution in [1.82, 2.24) is 4.90 Å². The largest absolute Gasteiger partial charge is 0.460 e. The Morgan fingerprint density at radius 3 is 2.43 bits per heavy atom. The number of carbonyl (C=O) groups is 3. The van der Waals surface area contributed by atoms with Crippen molar-refractivity contribution in [3.8, 4) is 0 Å². The van der Waals surface area contributed by atoms with Gasteiger partial charge in [-0.25, -0.2) is 4.79 Å². The summed E-state index contributed by atoms with van der Waals surface area (Å²) in [6.45, 7) is 8.54. The Morgan fingerprint density at radius 1 is 1.22 bits per heavy atom. The number of ether oxygens (including phenoxy) is 2. The van der Waals surface area contributed by atoms with Crippen molar-refractivity contribution < 1.29 is 23.9 Å². The number of nitrogens with zero attached hydrogens (tertiary/aromatic N) is 1. The zero-order valence-electron chi connectivity index (χ0n) is 14.5. The number of amides is 1. The highest BCUT2D eigenvalue weighted by Gasteiger charge is 2.42. The van der Waals surface area contributed by atoms with E-state index in [0.717, 1.165) is 12.1 Å². The van der Waals surface area contributed by atoms with E-state index >= 15 is 0 Å². The number of hydrogen-bond acceptors (Lipinski definition) is 5. The average molecular weight is 323 g/mol. The second-order valence-electron chi connectivity index (χ2n) is 7.14. The van der Waals surface area contributed by atoms with E-state index in [1.807, 2.05) is 6.92 Å². The van der Waals surface area contributed by atoms with Crippen LogP contribution >= 0.6 is 0 Å². The molecule has 2 rings (SSSR count). The fraction of sp³-hybridized carbons (Fsp3) is 0.706. The summed E-state index contributed by atoms with van der Waals surface area (Å²) in [5.41, 5.74) is 0.697. The second kappa shape index (κ2) is 6.34. The molecule has 2 aliphatic rings. The number of ketones is 1. The summed E-state index contributed by atoms with van der Waals surface area (Å²) in [6, 6.07) is -0.363. The molecule has 1 aliphatic heterocycles. The number of Topliss-reactive ketones (excluding diaryl/α,β-unsaturated/α-hetero) is 1. The van der Waals surface area contributed by atoms with Crippen molar-refractivity contribution in [1.29, 1.82) is 0 Å². The van der Waals surface area contributed by atoms with Crippen LogP contribution < -0.4 is 0 Å². The first-order valence-corrected chi connectivity index (χ1v) is 8.05. The maximum absolute atomic E-state index is 12.6. The van der Waals surface area contributed by atoms with Crippen LogP contribution in [0.4, 0.5) is 4.79 Å². The van der Waals surface area contributed by atoms with Gasteiger partial charge in [-0.3, -0.25) is 14.5 Å². The molecule has 1 heterocycles. The Hall–Kier alpha value is -1.85. The molecule has 2 atom stereocenters. The Balaban J connectivity index is 2.38. The summed E-state index contributed by atoms with van der Waals surface area (Å²) in [6.07, 6.45) is 1.21. The smallest absolute Gasteiger partial charge is 0.414 e. The van der Waals surface area contributed by atoms with Crippen LogP contribution in [0.2, 0.25) is 0 Å². The van der Waals surface area contributed by atoms with Crippen molar-refractivity contribution >= 4 is 17.8 Å². The van der Waals surface area contributed by atoms with Gasteiger partial charge in [0.1, 0.15) is 11.7 Å². The van der Waals surface area contributed by atoms with E-state index in [9.17, 15) is 14.4 Å². The average Bonchev–Trinajstić information content (AvgIpc) is 2.38. The molecule has 0 aromatic rings. The molecule has 0 N–H and O–H groups in total. The van der Waals surface area contributed by atoms with E-state index in [4.69, 9.17) is 9.47 Å². The minimum atomic E-state index is -0.634. The van der Waals surface area contributed by atoms with Gasteiger partial charge in [0.25, 0.3) is 0 Å². The molecule has 0 saturated heterocycles. The predicted octanol–water partition coefficient (Wildman–Crippen LogP) is 2.95. The van der Waals surface area contributed by atoms with Gasteiger partial charge >= 0.3 is 12.1 Å². The first-order valence-electron chi connectivity index (χ1n) is 8.05. The summed E-state index contributed by atoms with van der Waals surface area (Å²) < 4.78 is 10.8. The van der Waals surface area contributed by atoms with Gasteiger partial charge < -0.3 is 9.47 Å². The lowest BCUT2D eigenvalue weighted by atomic mass is 9.84. The first kappa shape index (κ1) is 17.5. The molecule has 1 aliphatic carbocycles. The molecule has 23 heavy (non-hydrogen) atoms. The Kier molecular flexibility index (Phi) is 4.82. The molecule has 0 spiro atoms. The van der Waals surface area contributed by atoms with Crippen LogP contribution in [0, 0.1) is 0 Å². The van der Waals surface area contributed by atoms with Crippen LogP contribution in [0.25, 0.3) is 0 Å². The van der Waals surface area contributed by atoms with Crippen molar-refractivity contribution in [2.75, 3.05) is 0 Å². The van der Waals surface area contributed by atoms with Gasteiger partial charge in [0.15, 0.2) is 5.78 Å². The van der Waals surface area contributed by atoms with Crippen molar-refractivity contribution in [3.63, 3.8) is 0 Å². The molecule has 128 valence electrons. The third kappa shape index (κ3) is 3.92. The van der Waals surface area contributed by atoms with Crippen molar-refractivity contribution in [3.05, 3.63) is 11.3 Å². The Bertz CT molecular complexity index is 558. The minimum Gasteiger partial charge on any atom is -0.460 e. The first-order chi connectivity index (χ1) is 10.6. The summed E-state index contributed by atoms with van der Waals surface area (Å²) in [4.78, 5) is 37.7. The van der Waals surface area contributed by atoms with Crippen LogP contribution in [0.1, 0.15) is 60.3 Å². The van der Waals surface area contributed by atoms with E-state index < -0.39 is 23.8 Å². The zero-order chi connectivity index (χ0) is 17.4. The number of carbonyl (C=O) groups excluding carboxylic acids is 3. The van der Waals surface area contributed by atoms with Crippen LogP contribution in [0.5, 0.6) is 0 Å². The Labute approximate surface area is 136 Å². The molecule has 0 fully saturated rings. The van der Waals surface area contributed by atoms with E-state index in [-0.39, 0.29) is 11.8 Å². The second-order valence-corrected chi connectivity index (χ2v) is 7.14. The van der Waals surface area contributed by atoms with E-state index in [1.54, 1.807) is 20.8 Å². The highest BCUT2D eigenvalue weighted by Crippen LogP contribution is 2.37. The molecular formula is C17H25NO5. The van der Waals surface area contributed by atoms with E-state index in [1.165, 1.54) is 11.8 Å². The molecule has 0 bridgehead atoms. The molecule has 6 heteroatoms. The fourth-order valence-electron chi connectivity index (χ4n) is 3.10. The maximum atomic E-state index is 12.6. The van der Waals surface area contributed by atoms with E-state index in [2.05, 4.69) is 0 Å². The number of esters is 1. The summed E-state index contributed by atoms with van der Waals surface area (Å²) in [5, 5.41) is 0. The van der Waals surface area contributed by atoms with E-state index in [0.29, 0.717) is 24.8 Å². The minimum absolute atomic E-state index is 0.0314. The number of allylic oxidation sites excluding steroid dienone is 1. The monoisotopic (exact) mass is 323 g/mol. The van der Waals surface area contributed by atoms with Gasteiger partial charge in [0, 0.05) is 31.0 Å². The third-order valence-electron chi connectivity index (χ3n) is 4.05. The molecule has 0 unspecified atom stereocenters.